The Morgan fingerprint density at radius 1 is 1.31 bits per heavy atom. The molecule has 36 heavy (non-hydrogen) atoms. The van der Waals surface area contributed by atoms with Crippen molar-refractivity contribution >= 4 is 35.2 Å². The molecule has 2 amide bonds. The number of benzene rings is 1. The summed E-state index contributed by atoms with van der Waals surface area (Å²) in [6, 6.07) is 4.60. The molecule has 3 heterocycles. The molecule has 4 rings (SSSR count). The summed E-state index contributed by atoms with van der Waals surface area (Å²) in [4.78, 5) is 45.3. The van der Waals surface area contributed by atoms with Crippen molar-refractivity contribution in [1.29, 1.82) is 0 Å². The molecular weight excluding hydrogens is 476 g/mol. The standard InChI is InChI=1S/C28H38N2O5S/c1-7-15-29(22-17(4)11-10-12-18(22)5)25(33)23-28-14-13-27(6,36-28)21(26(34)35-9-3)20(28)24(32)30(23)19(8-2)16-31/h7,10-12,19-21,23,31H,1,8-9,13-16H2,2-6H3/t19-,20-,21+,23?,27-,28?/m0/s1. The zero-order valence-electron chi connectivity index (χ0n) is 22.0. The smallest absolute Gasteiger partial charge is 0.311 e. The number of esters is 1. The zero-order valence-corrected chi connectivity index (χ0v) is 22.8. The van der Waals surface area contributed by atoms with E-state index in [1.165, 1.54) is 0 Å². The third kappa shape index (κ3) is 3.79. The molecule has 3 aliphatic rings. The number of nitrogens with zero attached hydrogens (tertiary/aromatic N) is 2. The van der Waals surface area contributed by atoms with E-state index in [0.717, 1.165) is 23.2 Å². The number of aliphatic hydroxyl groups is 1. The number of likely N-dealkylation sites (tertiary alicyclic amines) is 1. The van der Waals surface area contributed by atoms with Crippen molar-refractivity contribution in [3.05, 3.63) is 42.0 Å². The molecule has 6 atom stereocenters. The van der Waals surface area contributed by atoms with E-state index in [-0.39, 0.29) is 31.0 Å². The number of anilines is 1. The van der Waals surface area contributed by atoms with E-state index >= 15 is 0 Å². The summed E-state index contributed by atoms with van der Waals surface area (Å²) >= 11 is 1.62. The molecule has 0 saturated carbocycles. The van der Waals surface area contributed by atoms with Crippen molar-refractivity contribution in [1.82, 2.24) is 4.90 Å². The van der Waals surface area contributed by atoms with Crippen LogP contribution >= 0.6 is 11.8 Å². The van der Waals surface area contributed by atoms with Crippen LogP contribution in [-0.4, -0.2) is 69.1 Å². The maximum atomic E-state index is 14.6. The maximum absolute atomic E-state index is 14.6. The van der Waals surface area contributed by atoms with Gasteiger partial charge in [-0.15, -0.1) is 18.3 Å². The van der Waals surface area contributed by atoms with Gasteiger partial charge in [-0.05, 0) is 58.1 Å². The van der Waals surface area contributed by atoms with Gasteiger partial charge in [0.1, 0.15) is 6.04 Å². The van der Waals surface area contributed by atoms with Crippen LogP contribution in [0.2, 0.25) is 0 Å². The summed E-state index contributed by atoms with van der Waals surface area (Å²) in [5.74, 6) is -2.04. The highest BCUT2D eigenvalue weighted by Crippen LogP contribution is 2.71. The molecule has 2 bridgehead atoms. The number of rotatable bonds is 9. The summed E-state index contributed by atoms with van der Waals surface area (Å²) in [5, 5.41) is 10.3. The molecule has 3 aliphatic heterocycles. The van der Waals surface area contributed by atoms with Gasteiger partial charge in [0.2, 0.25) is 5.91 Å². The predicted octanol–water partition coefficient (Wildman–Crippen LogP) is 3.64. The first kappa shape index (κ1) is 26.7. The quantitative estimate of drug-likeness (QED) is 0.400. The van der Waals surface area contributed by atoms with Gasteiger partial charge in [0.15, 0.2) is 0 Å². The minimum atomic E-state index is -0.794. The van der Waals surface area contributed by atoms with Crippen LogP contribution in [0.3, 0.4) is 0 Å². The van der Waals surface area contributed by atoms with E-state index in [1.807, 2.05) is 45.9 Å². The molecule has 0 aliphatic carbocycles. The Bertz CT molecular complexity index is 1050. The first-order chi connectivity index (χ1) is 17.1. The second kappa shape index (κ2) is 9.86. The van der Waals surface area contributed by atoms with Crippen LogP contribution in [0.4, 0.5) is 5.69 Å². The third-order valence-electron chi connectivity index (χ3n) is 8.35. The summed E-state index contributed by atoms with van der Waals surface area (Å²) in [5.41, 5.74) is 2.74. The van der Waals surface area contributed by atoms with Crippen molar-refractivity contribution in [2.24, 2.45) is 11.8 Å². The van der Waals surface area contributed by atoms with Crippen LogP contribution in [0.5, 0.6) is 0 Å². The number of carbonyl (C=O) groups is 3. The average molecular weight is 515 g/mol. The van der Waals surface area contributed by atoms with Crippen LogP contribution < -0.4 is 4.90 Å². The fraction of sp³-hybridized carbons (Fsp3) is 0.607. The topological polar surface area (TPSA) is 87.2 Å². The summed E-state index contributed by atoms with van der Waals surface area (Å²) in [6.07, 6.45) is 3.59. The lowest BCUT2D eigenvalue weighted by Crippen LogP contribution is -2.57. The molecular formula is C28H38N2O5S. The molecule has 2 unspecified atom stereocenters. The normalized spacial score (nSPS) is 31.3. The van der Waals surface area contributed by atoms with Gasteiger partial charge in [0.05, 0.1) is 35.8 Å². The molecule has 3 fully saturated rings. The molecule has 0 radical (unpaired) electrons. The first-order valence-corrected chi connectivity index (χ1v) is 13.7. The van der Waals surface area contributed by atoms with Crippen molar-refractivity contribution < 1.29 is 24.2 Å². The Morgan fingerprint density at radius 2 is 1.97 bits per heavy atom. The molecule has 1 N–H and O–H groups in total. The van der Waals surface area contributed by atoms with Gasteiger partial charge >= 0.3 is 5.97 Å². The Hall–Kier alpha value is -2.32. The average Bonchev–Trinajstić information content (AvgIpc) is 3.40. The van der Waals surface area contributed by atoms with Crippen LogP contribution in [0.1, 0.15) is 51.2 Å². The lowest BCUT2D eigenvalue weighted by Gasteiger charge is -2.40. The highest BCUT2D eigenvalue weighted by Gasteiger charge is 2.78. The maximum Gasteiger partial charge on any atom is 0.311 e. The van der Waals surface area contributed by atoms with E-state index in [1.54, 1.807) is 34.6 Å². The van der Waals surface area contributed by atoms with Gasteiger partial charge in [-0.25, -0.2) is 0 Å². The number of hydrogen-bond acceptors (Lipinski definition) is 6. The van der Waals surface area contributed by atoms with E-state index in [4.69, 9.17) is 4.74 Å². The fourth-order valence-electron chi connectivity index (χ4n) is 6.84. The Morgan fingerprint density at radius 3 is 2.53 bits per heavy atom. The number of carbonyl (C=O) groups excluding carboxylic acids is 3. The highest BCUT2D eigenvalue weighted by atomic mass is 32.2. The lowest BCUT2D eigenvalue weighted by molar-refractivity contribution is -0.155. The van der Waals surface area contributed by atoms with Crippen molar-refractivity contribution in [2.45, 2.75) is 75.5 Å². The van der Waals surface area contributed by atoms with Gasteiger partial charge in [0, 0.05) is 17.0 Å². The molecule has 3 saturated heterocycles. The molecule has 196 valence electrons. The Kier molecular flexibility index (Phi) is 7.32. The number of hydrogen-bond donors (Lipinski definition) is 1. The molecule has 1 aromatic carbocycles. The van der Waals surface area contributed by atoms with Gasteiger partial charge in [-0.3, -0.25) is 14.4 Å². The second-order valence-corrected chi connectivity index (χ2v) is 12.3. The zero-order chi connectivity index (χ0) is 26.4. The number of amides is 2. The van der Waals surface area contributed by atoms with Crippen LogP contribution in [0.15, 0.2) is 30.9 Å². The minimum Gasteiger partial charge on any atom is -0.466 e. The Labute approximate surface area is 218 Å². The van der Waals surface area contributed by atoms with Gasteiger partial charge in [-0.1, -0.05) is 31.2 Å². The van der Waals surface area contributed by atoms with Crippen LogP contribution in [0, 0.1) is 25.7 Å². The second-order valence-electron chi connectivity index (χ2n) is 10.4. The fourth-order valence-corrected chi connectivity index (χ4v) is 9.16. The van der Waals surface area contributed by atoms with Gasteiger partial charge in [0.25, 0.3) is 5.91 Å². The third-order valence-corrected chi connectivity index (χ3v) is 10.3. The Balaban J connectivity index is 1.88. The SMILES string of the molecule is C=CCN(C(=O)C1N([C@@H](CC)CO)C(=O)[C@@H]2[C@H](C(=O)OCC)[C@]3(C)CCC12S3)c1c(C)cccc1C. The molecule has 1 aromatic rings. The van der Waals surface area contributed by atoms with Crippen molar-refractivity contribution in [2.75, 3.05) is 24.7 Å². The largest absolute Gasteiger partial charge is 0.466 e. The lowest BCUT2D eigenvalue weighted by atomic mass is 9.66. The summed E-state index contributed by atoms with van der Waals surface area (Å²) in [7, 11) is 0. The van der Waals surface area contributed by atoms with E-state index in [0.29, 0.717) is 19.4 Å². The first-order valence-electron chi connectivity index (χ1n) is 12.9. The van der Waals surface area contributed by atoms with E-state index in [9.17, 15) is 19.5 Å². The van der Waals surface area contributed by atoms with Crippen molar-refractivity contribution in [3.63, 3.8) is 0 Å². The van der Waals surface area contributed by atoms with Crippen molar-refractivity contribution in [3.8, 4) is 0 Å². The number of thioether (sulfide) groups is 1. The number of fused-ring (bicyclic) bond motifs is 1. The minimum absolute atomic E-state index is 0.184. The molecule has 8 heteroatoms. The van der Waals surface area contributed by atoms with Crippen LogP contribution in [0.25, 0.3) is 0 Å². The van der Waals surface area contributed by atoms with Crippen LogP contribution in [-0.2, 0) is 19.1 Å². The highest BCUT2D eigenvalue weighted by molar-refractivity contribution is 8.02. The number of aryl methyl sites for hydroxylation is 2. The van der Waals surface area contributed by atoms with Gasteiger partial charge < -0.3 is 19.6 Å². The van der Waals surface area contributed by atoms with Gasteiger partial charge in [-0.2, -0.15) is 0 Å². The number of para-hydroxylation sites is 1. The van der Waals surface area contributed by atoms with E-state index < -0.39 is 33.4 Å². The molecule has 1 spiro atoms. The summed E-state index contributed by atoms with van der Waals surface area (Å²) in [6.45, 7) is 13.8. The number of aliphatic hydroxyl groups excluding tert-OH is 1. The van der Waals surface area contributed by atoms with E-state index in [2.05, 4.69) is 6.58 Å². The predicted molar refractivity (Wildman–Crippen MR) is 142 cm³/mol. The molecule has 7 nitrogen and oxygen atoms in total. The number of ether oxygens (including phenoxy) is 1. The monoisotopic (exact) mass is 514 g/mol. The summed E-state index contributed by atoms with van der Waals surface area (Å²) < 4.78 is 4.22. The molecule has 0 aromatic heterocycles.